The van der Waals surface area contributed by atoms with Gasteiger partial charge in [-0.25, -0.2) is 0 Å². The maximum absolute atomic E-state index is 3.61. The summed E-state index contributed by atoms with van der Waals surface area (Å²) in [6.07, 6.45) is 1.09. The van der Waals surface area contributed by atoms with Gasteiger partial charge < -0.3 is 5.32 Å². The van der Waals surface area contributed by atoms with Crippen molar-refractivity contribution in [2.75, 3.05) is 0 Å². The van der Waals surface area contributed by atoms with Crippen LogP contribution in [0.5, 0.6) is 0 Å². The quantitative estimate of drug-likeness (QED) is 0.711. The van der Waals surface area contributed by atoms with Crippen molar-refractivity contribution in [3.8, 4) is 0 Å². The monoisotopic (exact) mass is 387 g/mol. The zero-order valence-electron chi connectivity index (χ0n) is 10.1. The lowest BCUT2D eigenvalue weighted by Gasteiger charge is -2.17. The van der Waals surface area contributed by atoms with E-state index in [1.165, 1.54) is 14.9 Å². The van der Waals surface area contributed by atoms with E-state index in [4.69, 9.17) is 0 Å². The number of thiophene rings is 1. The first-order valence-corrected chi connectivity index (χ1v) is 8.37. The molecule has 1 atom stereocenters. The standard InChI is InChI=1S/C14H15Br2NS/c1-2-13(11-3-5-12(15)6-4-11)17-8-10-7-14(16)18-9-10/h3-7,9,13,17H,2,8H2,1H3. The molecule has 1 nitrogen and oxygen atoms in total. The summed E-state index contributed by atoms with van der Waals surface area (Å²) in [5.41, 5.74) is 2.68. The van der Waals surface area contributed by atoms with E-state index >= 15 is 0 Å². The number of rotatable bonds is 5. The van der Waals surface area contributed by atoms with Gasteiger partial charge in [0.15, 0.2) is 0 Å². The van der Waals surface area contributed by atoms with E-state index in [2.05, 4.69) is 79.8 Å². The molecule has 0 fully saturated rings. The van der Waals surface area contributed by atoms with Crippen LogP contribution >= 0.6 is 43.2 Å². The van der Waals surface area contributed by atoms with Gasteiger partial charge in [-0.2, -0.15) is 0 Å². The van der Waals surface area contributed by atoms with Crippen LogP contribution in [0.1, 0.15) is 30.5 Å². The van der Waals surface area contributed by atoms with Gasteiger partial charge in [0.25, 0.3) is 0 Å². The Morgan fingerprint density at radius 2 is 1.94 bits per heavy atom. The molecule has 0 bridgehead atoms. The molecule has 0 aliphatic carbocycles. The zero-order chi connectivity index (χ0) is 13.0. The number of halogens is 2. The van der Waals surface area contributed by atoms with Crippen LogP contribution in [0.3, 0.4) is 0 Å². The zero-order valence-corrected chi connectivity index (χ0v) is 14.1. The van der Waals surface area contributed by atoms with Gasteiger partial charge in [0, 0.05) is 17.1 Å². The van der Waals surface area contributed by atoms with Crippen LogP contribution in [0.2, 0.25) is 0 Å². The lowest BCUT2D eigenvalue weighted by molar-refractivity contribution is 0.519. The Labute approximate surface area is 129 Å². The predicted molar refractivity (Wildman–Crippen MR) is 86.0 cm³/mol. The third kappa shape index (κ3) is 3.92. The molecule has 96 valence electrons. The van der Waals surface area contributed by atoms with Gasteiger partial charge in [0.05, 0.1) is 3.79 Å². The molecule has 4 heteroatoms. The molecular weight excluding hydrogens is 374 g/mol. The molecule has 1 N–H and O–H groups in total. The molecule has 1 aromatic carbocycles. The Morgan fingerprint density at radius 1 is 1.22 bits per heavy atom. The van der Waals surface area contributed by atoms with Crippen molar-refractivity contribution in [1.82, 2.24) is 5.32 Å². The number of hydrogen-bond acceptors (Lipinski definition) is 2. The van der Waals surface area contributed by atoms with Crippen LogP contribution in [0.25, 0.3) is 0 Å². The lowest BCUT2D eigenvalue weighted by Crippen LogP contribution is -2.19. The van der Waals surface area contributed by atoms with E-state index in [1.54, 1.807) is 11.3 Å². The molecule has 2 aromatic rings. The van der Waals surface area contributed by atoms with E-state index in [0.29, 0.717) is 6.04 Å². The van der Waals surface area contributed by atoms with Crippen LogP contribution < -0.4 is 5.32 Å². The van der Waals surface area contributed by atoms with Gasteiger partial charge in [0.2, 0.25) is 0 Å². The van der Waals surface area contributed by atoms with Crippen molar-refractivity contribution in [3.63, 3.8) is 0 Å². The minimum absolute atomic E-state index is 0.414. The second-order valence-corrected chi connectivity index (χ2v) is 7.36. The molecule has 18 heavy (non-hydrogen) atoms. The summed E-state index contributed by atoms with van der Waals surface area (Å²) in [5, 5.41) is 5.79. The van der Waals surface area contributed by atoms with E-state index < -0.39 is 0 Å². The van der Waals surface area contributed by atoms with Gasteiger partial charge in [-0.05, 0) is 57.1 Å². The Kier molecular flexibility index (Phi) is 5.42. The average molecular weight is 389 g/mol. The summed E-state index contributed by atoms with van der Waals surface area (Å²) in [4.78, 5) is 0. The average Bonchev–Trinajstić information content (AvgIpc) is 2.78. The van der Waals surface area contributed by atoms with Gasteiger partial charge in [-0.15, -0.1) is 11.3 Å². The molecule has 2 rings (SSSR count). The highest BCUT2D eigenvalue weighted by Gasteiger charge is 2.08. The predicted octanol–water partition coefficient (Wildman–Crippen LogP) is 5.51. The van der Waals surface area contributed by atoms with Crippen molar-refractivity contribution in [2.24, 2.45) is 0 Å². The van der Waals surface area contributed by atoms with Crippen LogP contribution in [0.4, 0.5) is 0 Å². The van der Waals surface area contributed by atoms with Crippen LogP contribution in [0.15, 0.2) is 44.0 Å². The Balaban J connectivity index is 1.99. The molecule has 0 spiro atoms. The lowest BCUT2D eigenvalue weighted by atomic mass is 10.0. The summed E-state index contributed by atoms with van der Waals surface area (Å²) in [6.45, 7) is 3.12. The van der Waals surface area contributed by atoms with Crippen LogP contribution in [0, 0.1) is 0 Å². The fraction of sp³-hybridized carbons (Fsp3) is 0.286. The molecule has 0 aliphatic rings. The Morgan fingerprint density at radius 3 is 2.50 bits per heavy atom. The molecule has 1 aromatic heterocycles. The highest BCUT2D eigenvalue weighted by molar-refractivity contribution is 9.11. The minimum atomic E-state index is 0.414. The van der Waals surface area contributed by atoms with E-state index in [0.717, 1.165) is 17.4 Å². The number of hydrogen-bond donors (Lipinski definition) is 1. The van der Waals surface area contributed by atoms with E-state index in [1.807, 2.05) is 0 Å². The molecular formula is C14H15Br2NS. The summed E-state index contributed by atoms with van der Waals surface area (Å²) in [5.74, 6) is 0. The first-order valence-electron chi connectivity index (χ1n) is 5.90. The summed E-state index contributed by atoms with van der Waals surface area (Å²) < 4.78 is 2.32. The topological polar surface area (TPSA) is 12.0 Å². The number of benzene rings is 1. The van der Waals surface area contributed by atoms with Gasteiger partial charge in [-0.1, -0.05) is 35.0 Å². The maximum Gasteiger partial charge on any atom is 0.0701 e. The molecule has 0 aliphatic heterocycles. The van der Waals surface area contributed by atoms with Crippen molar-refractivity contribution in [3.05, 3.63) is 55.1 Å². The fourth-order valence-corrected chi connectivity index (χ4v) is 3.35. The fourth-order valence-electron chi connectivity index (χ4n) is 1.87. The molecule has 0 amide bonds. The van der Waals surface area contributed by atoms with E-state index in [9.17, 15) is 0 Å². The normalized spacial score (nSPS) is 12.6. The first kappa shape index (κ1) is 14.3. The van der Waals surface area contributed by atoms with E-state index in [-0.39, 0.29) is 0 Å². The van der Waals surface area contributed by atoms with Crippen molar-refractivity contribution < 1.29 is 0 Å². The van der Waals surface area contributed by atoms with Crippen molar-refractivity contribution in [1.29, 1.82) is 0 Å². The van der Waals surface area contributed by atoms with Crippen molar-refractivity contribution in [2.45, 2.75) is 25.9 Å². The minimum Gasteiger partial charge on any atom is -0.306 e. The first-order chi connectivity index (χ1) is 8.69. The van der Waals surface area contributed by atoms with Crippen LogP contribution in [-0.4, -0.2) is 0 Å². The second kappa shape index (κ2) is 6.85. The van der Waals surface area contributed by atoms with Gasteiger partial charge in [0.1, 0.15) is 0 Å². The summed E-state index contributed by atoms with van der Waals surface area (Å²) in [6, 6.07) is 11.1. The highest BCUT2D eigenvalue weighted by atomic mass is 79.9. The smallest absolute Gasteiger partial charge is 0.0701 e. The van der Waals surface area contributed by atoms with Gasteiger partial charge in [-0.3, -0.25) is 0 Å². The molecule has 0 saturated heterocycles. The number of nitrogens with one attached hydrogen (secondary N) is 1. The molecule has 0 radical (unpaired) electrons. The molecule has 0 saturated carbocycles. The summed E-state index contributed by atoms with van der Waals surface area (Å²) in [7, 11) is 0. The maximum atomic E-state index is 3.61. The Hall–Kier alpha value is -0.160. The SMILES string of the molecule is CCC(NCc1csc(Br)c1)c1ccc(Br)cc1. The molecule has 1 heterocycles. The van der Waals surface area contributed by atoms with Crippen LogP contribution in [-0.2, 0) is 6.54 Å². The largest absolute Gasteiger partial charge is 0.306 e. The highest BCUT2D eigenvalue weighted by Crippen LogP contribution is 2.23. The molecule has 1 unspecified atom stereocenters. The second-order valence-electron chi connectivity index (χ2n) is 4.15. The van der Waals surface area contributed by atoms with Crippen molar-refractivity contribution >= 4 is 43.2 Å². The third-order valence-electron chi connectivity index (χ3n) is 2.85. The Bertz CT molecular complexity index is 493. The summed E-state index contributed by atoms with van der Waals surface area (Å²) >= 11 is 8.70. The van der Waals surface area contributed by atoms with Gasteiger partial charge >= 0.3 is 0 Å². The third-order valence-corrected chi connectivity index (χ3v) is 4.94.